The number of carbonyl (C=O) groups is 2. The van der Waals surface area contributed by atoms with Crippen LogP contribution in [0.5, 0.6) is 0 Å². The van der Waals surface area contributed by atoms with E-state index >= 15 is 0 Å². The topological polar surface area (TPSA) is 72.2 Å². The quantitative estimate of drug-likeness (QED) is 0.846. The number of nitrogens with two attached hydrogens (primary N) is 1. The first-order valence-corrected chi connectivity index (χ1v) is 5.77. The van der Waals surface area contributed by atoms with E-state index in [0.29, 0.717) is 0 Å². The molecule has 2 amide bonds. The van der Waals surface area contributed by atoms with E-state index in [-0.39, 0.29) is 11.7 Å². The van der Waals surface area contributed by atoms with Crippen molar-refractivity contribution < 1.29 is 9.59 Å². The Morgan fingerprint density at radius 3 is 2.69 bits per heavy atom. The number of benzene rings is 1. The van der Waals surface area contributed by atoms with Gasteiger partial charge in [-0.15, -0.1) is 0 Å². The van der Waals surface area contributed by atoms with Gasteiger partial charge in [0.2, 0.25) is 5.91 Å². The van der Waals surface area contributed by atoms with Crippen LogP contribution in [0.4, 0.5) is 10.5 Å². The minimum absolute atomic E-state index is 0.0444. The molecular weight excluding hydrogens is 224 g/mol. The van der Waals surface area contributed by atoms with E-state index in [9.17, 15) is 9.59 Å². The first kappa shape index (κ1) is 12.6. The first-order chi connectivity index (χ1) is 7.49. The molecule has 0 aromatic heterocycles. The van der Waals surface area contributed by atoms with E-state index in [1.54, 1.807) is 0 Å². The van der Waals surface area contributed by atoms with Crippen LogP contribution in [0.25, 0.3) is 0 Å². The molecule has 4 nitrogen and oxygen atoms in total. The summed E-state index contributed by atoms with van der Waals surface area (Å²) in [5.74, 6) is -0.180. The smallest absolute Gasteiger partial charge is 0.276 e. The van der Waals surface area contributed by atoms with E-state index in [0.717, 1.165) is 28.6 Å². The fourth-order valence-corrected chi connectivity index (χ4v) is 1.54. The summed E-state index contributed by atoms with van der Waals surface area (Å²) in [4.78, 5) is 21.9. The number of amides is 2. The highest BCUT2D eigenvalue weighted by atomic mass is 32.2. The molecule has 3 N–H and O–H groups in total. The Balaban J connectivity index is 2.62. The van der Waals surface area contributed by atoms with E-state index in [4.69, 9.17) is 5.73 Å². The lowest BCUT2D eigenvalue weighted by atomic mass is 10.1. The number of carbonyl (C=O) groups excluding carboxylic acids is 2. The molecule has 0 aliphatic heterocycles. The lowest BCUT2D eigenvalue weighted by molar-refractivity contribution is -0.113. The molecule has 0 unspecified atom stereocenters. The maximum Gasteiger partial charge on any atom is 0.276 e. The van der Waals surface area contributed by atoms with Gasteiger partial charge in [0, 0.05) is 5.69 Å². The van der Waals surface area contributed by atoms with Crippen LogP contribution in [-0.4, -0.2) is 16.9 Å². The molecule has 16 heavy (non-hydrogen) atoms. The van der Waals surface area contributed by atoms with Gasteiger partial charge in [-0.25, -0.2) is 0 Å². The van der Waals surface area contributed by atoms with Crippen LogP contribution in [0.3, 0.4) is 0 Å². The van der Waals surface area contributed by atoms with Gasteiger partial charge in [0.25, 0.3) is 5.24 Å². The minimum atomic E-state index is -0.545. The lowest BCUT2D eigenvalue weighted by Crippen LogP contribution is -2.17. The first-order valence-electron chi connectivity index (χ1n) is 4.78. The lowest BCUT2D eigenvalue weighted by Gasteiger charge is -2.08. The molecule has 86 valence electrons. The number of thioether (sulfide) groups is 1. The van der Waals surface area contributed by atoms with Gasteiger partial charge >= 0.3 is 0 Å². The summed E-state index contributed by atoms with van der Waals surface area (Å²) in [7, 11) is 0. The van der Waals surface area contributed by atoms with Crippen LogP contribution in [0, 0.1) is 13.8 Å². The summed E-state index contributed by atoms with van der Waals surface area (Å²) in [6.45, 7) is 3.86. The third-order valence-electron chi connectivity index (χ3n) is 2.01. The van der Waals surface area contributed by atoms with Gasteiger partial charge in [0.05, 0.1) is 5.75 Å². The fraction of sp³-hybridized carbons (Fsp3) is 0.273. The van der Waals surface area contributed by atoms with Crippen LogP contribution < -0.4 is 11.1 Å². The zero-order valence-electron chi connectivity index (χ0n) is 9.24. The molecule has 0 saturated heterocycles. The number of primary amides is 1. The third kappa shape index (κ3) is 3.94. The zero-order valence-corrected chi connectivity index (χ0v) is 10.1. The van der Waals surface area contributed by atoms with E-state index in [1.165, 1.54) is 0 Å². The van der Waals surface area contributed by atoms with Crippen molar-refractivity contribution in [2.24, 2.45) is 5.73 Å². The zero-order chi connectivity index (χ0) is 12.1. The molecule has 0 atom stereocenters. The largest absolute Gasteiger partial charge is 0.361 e. The summed E-state index contributed by atoms with van der Waals surface area (Å²) in [6.07, 6.45) is 0. The summed E-state index contributed by atoms with van der Waals surface area (Å²) >= 11 is 0.796. The molecule has 0 aliphatic rings. The van der Waals surface area contributed by atoms with Crippen LogP contribution in [0.1, 0.15) is 11.1 Å². The molecule has 0 saturated carbocycles. The Morgan fingerprint density at radius 1 is 1.38 bits per heavy atom. The van der Waals surface area contributed by atoms with E-state index in [2.05, 4.69) is 5.32 Å². The van der Waals surface area contributed by atoms with Crippen molar-refractivity contribution in [2.75, 3.05) is 11.1 Å². The van der Waals surface area contributed by atoms with Crippen molar-refractivity contribution in [2.45, 2.75) is 13.8 Å². The van der Waals surface area contributed by atoms with Gasteiger partial charge < -0.3 is 11.1 Å². The van der Waals surface area contributed by atoms with E-state index < -0.39 is 5.24 Å². The normalized spacial score (nSPS) is 9.88. The summed E-state index contributed by atoms with van der Waals surface area (Å²) in [5.41, 5.74) is 7.77. The van der Waals surface area contributed by atoms with Crippen molar-refractivity contribution in [1.82, 2.24) is 0 Å². The Morgan fingerprint density at radius 2 is 2.06 bits per heavy atom. The summed E-state index contributed by atoms with van der Waals surface area (Å²) in [5, 5.41) is 2.19. The predicted octanol–water partition coefficient (Wildman–Crippen LogP) is 2.05. The van der Waals surface area contributed by atoms with Gasteiger partial charge in [0.15, 0.2) is 0 Å². The van der Waals surface area contributed by atoms with Gasteiger partial charge in [-0.3, -0.25) is 9.59 Å². The second-order valence-corrected chi connectivity index (χ2v) is 4.45. The molecule has 5 heteroatoms. The standard InChI is InChI=1S/C11H14N2O2S/c1-7-3-4-8(2)9(5-7)13-10(14)6-16-11(12)15/h3-5H,6H2,1-2H3,(H2,12,15)(H,13,14). The summed E-state index contributed by atoms with van der Waals surface area (Å²) < 4.78 is 0. The molecule has 0 heterocycles. The second kappa shape index (κ2) is 5.55. The Labute approximate surface area is 98.6 Å². The Bertz CT molecular complexity index is 418. The van der Waals surface area contributed by atoms with Crippen LogP contribution >= 0.6 is 11.8 Å². The number of anilines is 1. The highest BCUT2D eigenvalue weighted by Gasteiger charge is 2.06. The van der Waals surface area contributed by atoms with Crippen molar-refractivity contribution >= 4 is 28.6 Å². The highest BCUT2D eigenvalue weighted by molar-refractivity contribution is 8.14. The van der Waals surface area contributed by atoms with Crippen molar-refractivity contribution in [3.8, 4) is 0 Å². The maximum absolute atomic E-state index is 11.4. The Hall–Kier alpha value is -1.49. The number of hydrogen-bond donors (Lipinski definition) is 2. The third-order valence-corrected chi connectivity index (χ3v) is 2.70. The summed E-state index contributed by atoms with van der Waals surface area (Å²) in [6, 6.07) is 5.80. The number of nitrogens with one attached hydrogen (secondary N) is 1. The average Bonchev–Trinajstić information content (AvgIpc) is 2.20. The molecule has 0 aliphatic carbocycles. The molecule has 0 spiro atoms. The van der Waals surface area contributed by atoms with Crippen LogP contribution in [0.2, 0.25) is 0 Å². The van der Waals surface area contributed by atoms with Gasteiger partial charge in [-0.1, -0.05) is 23.9 Å². The number of rotatable bonds is 3. The molecule has 0 bridgehead atoms. The molecular formula is C11H14N2O2S. The van der Waals surface area contributed by atoms with Gasteiger partial charge in [0.1, 0.15) is 0 Å². The van der Waals surface area contributed by atoms with Crippen molar-refractivity contribution in [3.63, 3.8) is 0 Å². The maximum atomic E-state index is 11.4. The van der Waals surface area contributed by atoms with Crippen molar-refractivity contribution in [3.05, 3.63) is 29.3 Å². The number of hydrogen-bond acceptors (Lipinski definition) is 3. The van der Waals surface area contributed by atoms with Crippen LogP contribution in [0.15, 0.2) is 18.2 Å². The second-order valence-electron chi connectivity index (χ2n) is 3.47. The monoisotopic (exact) mass is 238 g/mol. The number of aryl methyl sites for hydroxylation is 2. The average molecular weight is 238 g/mol. The molecule has 1 aromatic rings. The van der Waals surface area contributed by atoms with Gasteiger partial charge in [-0.2, -0.15) is 0 Å². The Kier molecular flexibility index (Phi) is 4.37. The molecule has 0 radical (unpaired) electrons. The predicted molar refractivity (Wildman–Crippen MR) is 66.6 cm³/mol. The molecule has 1 aromatic carbocycles. The SMILES string of the molecule is Cc1ccc(C)c(NC(=O)CSC(N)=O)c1. The molecule has 0 fully saturated rings. The minimum Gasteiger partial charge on any atom is -0.361 e. The highest BCUT2D eigenvalue weighted by Crippen LogP contribution is 2.16. The molecule has 1 rings (SSSR count). The van der Waals surface area contributed by atoms with Crippen molar-refractivity contribution in [1.29, 1.82) is 0 Å². The fourth-order valence-electron chi connectivity index (χ4n) is 1.19. The van der Waals surface area contributed by atoms with E-state index in [1.807, 2.05) is 32.0 Å². The van der Waals surface area contributed by atoms with Crippen LogP contribution in [-0.2, 0) is 4.79 Å². The van der Waals surface area contributed by atoms with Gasteiger partial charge in [-0.05, 0) is 31.0 Å².